The molecule has 0 aliphatic heterocycles. The lowest BCUT2D eigenvalue weighted by Gasteiger charge is -1.95. The monoisotopic (exact) mass is 162 g/mol. The molecule has 62 valence electrons. The molecule has 0 aliphatic rings. The smallest absolute Gasteiger partial charge is 0.155 e. The molecule has 0 unspecified atom stereocenters. The highest BCUT2D eigenvalue weighted by Crippen LogP contribution is 2.21. The molecule has 0 saturated heterocycles. The van der Waals surface area contributed by atoms with E-state index in [1.165, 1.54) is 0 Å². The first-order valence-electron chi connectivity index (χ1n) is 3.72. The van der Waals surface area contributed by atoms with E-state index in [2.05, 4.69) is 15.5 Å². The van der Waals surface area contributed by atoms with Gasteiger partial charge in [0.05, 0.1) is 5.52 Å². The molecule has 0 aliphatic carbocycles. The van der Waals surface area contributed by atoms with E-state index >= 15 is 0 Å². The molecule has 0 radical (unpaired) electrons. The van der Waals surface area contributed by atoms with Crippen LogP contribution in [0.25, 0.3) is 10.9 Å². The van der Waals surface area contributed by atoms with Gasteiger partial charge in [0.1, 0.15) is 0 Å². The third-order valence-corrected chi connectivity index (χ3v) is 1.82. The lowest BCUT2D eigenvalue weighted by Crippen LogP contribution is -1.88. The fourth-order valence-corrected chi connectivity index (χ4v) is 1.22. The molecule has 1 aromatic carbocycles. The molecule has 2 rings (SSSR count). The van der Waals surface area contributed by atoms with Crippen LogP contribution in [0.4, 0.5) is 11.5 Å². The summed E-state index contributed by atoms with van der Waals surface area (Å²) in [4.78, 5) is 0. The Labute approximate surface area is 69.8 Å². The van der Waals surface area contributed by atoms with Gasteiger partial charge >= 0.3 is 0 Å². The van der Waals surface area contributed by atoms with Gasteiger partial charge in [0.15, 0.2) is 5.82 Å². The van der Waals surface area contributed by atoms with Crippen molar-refractivity contribution in [3.8, 4) is 0 Å². The van der Waals surface area contributed by atoms with E-state index in [4.69, 9.17) is 5.73 Å². The van der Waals surface area contributed by atoms with Crippen LogP contribution >= 0.6 is 0 Å². The van der Waals surface area contributed by atoms with Crippen LogP contribution in [0.1, 0.15) is 0 Å². The van der Waals surface area contributed by atoms with Crippen LogP contribution in [0.3, 0.4) is 0 Å². The van der Waals surface area contributed by atoms with Crippen molar-refractivity contribution in [2.24, 2.45) is 0 Å². The van der Waals surface area contributed by atoms with Crippen LogP contribution in [0.2, 0.25) is 0 Å². The standard InChI is InChI=1S/C8H10N4/c1-10-8-6-4-5(9)2-3-7(6)11-12-8/h2-4H,9H2,1H3,(H2,10,11,12). The Morgan fingerprint density at radius 3 is 3.08 bits per heavy atom. The number of nitrogen functional groups attached to an aromatic ring is 1. The predicted octanol–water partition coefficient (Wildman–Crippen LogP) is 1.19. The van der Waals surface area contributed by atoms with E-state index in [1.807, 2.05) is 25.2 Å². The van der Waals surface area contributed by atoms with Crippen LogP contribution in [0.5, 0.6) is 0 Å². The van der Waals surface area contributed by atoms with Crippen LogP contribution < -0.4 is 11.1 Å². The molecule has 0 bridgehead atoms. The summed E-state index contributed by atoms with van der Waals surface area (Å²) in [5.74, 6) is 0.831. The normalized spacial score (nSPS) is 10.4. The van der Waals surface area contributed by atoms with E-state index < -0.39 is 0 Å². The molecule has 4 nitrogen and oxygen atoms in total. The van der Waals surface area contributed by atoms with Crippen molar-refractivity contribution in [2.75, 3.05) is 18.1 Å². The second kappa shape index (κ2) is 2.41. The highest BCUT2D eigenvalue weighted by Gasteiger charge is 2.02. The Morgan fingerprint density at radius 2 is 2.33 bits per heavy atom. The average molecular weight is 162 g/mol. The molecule has 4 N–H and O–H groups in total. The van der Waals surface area contributed by atoms with Gasteiger partial charge in [-0.3, -0.25) is 5.10 Å². The van der Waals surface area contributed by atoms with Crippen LogP contribution in [0, 0.1) is 0 Å². The minimum absolute atomic E-state index is 0.750. The van der Waals surface area contributed by atoms with E-state index in [-0.39, 0.29) is 0 Å². The SMILES string of the molecule is CNc1n[nH]c2ccc(N)cc12. The number of hydrogen-bond acceptors (Lipinski definition) is 3. The van der Waals surface area contributed by atoms with Crippen LogP contribution in [0.15, 0.2) is 18.2 Å². The molecule has 1 aromatic heterocycles. The number of nitrogens with two attached hydrogens (primary N) is 1. The first-order chi connectivity index (χ1) is 5.81. The van der Waals surface area contributed by atoms with Gasteiger partial charge < -0.3 is 11.1 Å². The Hall–Kier alpha value is -1.71. The average Bonchev–Trinajstić information content (AvgIpc) is 2.46. The van der Waals surface area contributed by atoms with Gasteiger partial charge in [-0.2, -0.15) is 5.10 Å². The number of nitrogens with one attached hydrogen (secondary N) is 2. The summed E-state index contributed by atoms with van der Waals surface area (Å²) in [5, 5.41) is 11.0. The van der Waals surface area contributed by atoms with Gasteiger partial charge in [-0.25, -0.2) is 0 Å². The van der Waals surface area contributed by atoms with E-state index in [9.17, 15) is 0 Å². The molecule has 2 aromatic rings. The first-order valence-corrected chi connectivity index (χ1v) is 3.72. The second-order valence-corrected chi connectivity index (χ2v) is 2.63. The van der Waals surface area contributed by atoms with Crippen molar-refractivity contribution in [3.05, 3.63) is 18.2 Å². The fourth-order valence-electron chi connectivity index (χ4n) is 1.22. The zero-order chi connectivity index (χ0) is 8.55. The number of benzene rings is 1. The van der Waals surface area contributed by atoms with E-state index in [0.717, 1.165) is 22.4 Å². The van der Waals surface area contributed by atoms with Gasteiger partial charge in [0.25, 0.3) is 0 Å². The minimum atomic E-state index is 0.750. The summed E-state index contributed by atoms with van der Waals surface area (Å²) in [6.45, 7) is 0. The predicted molar refractivity (Wildman–Crippen MR) is 50.1 cm³/mol. The number of nitrogens with zero attached hydrogens (tertiary/aromatic N) is 1. The summed E-state index contributed by atoms with van der Waals surface area (Å²) in [5.41, 5.74) is 7.38. The Kier molecular flexibility index (Phi) is 1.40. The number of aromatic amines is 1. The Bertz CT molecular complexity index is 404. The number of hydrogen-bond donors (Lipinski definition) is 3. The quantitative estimate of drug-likeness (QED) is 0.552. The second-order valence-electron chi connectivity index (χ2n) is 2.63. The molecule has 0 spiro atoms. The number of rotatable bonds is 1. The third-order valence-electron chi connectivity index (χ3n) is 1.82. The zero-order valence-corrected chi connectivity index (χ0v) is 6.76. The molecule has 0 amide bonds. The summed E-state index contributed by atoms with van der Waals surface area (Å²) < 4.78 is 0. The summed E-state index contributed by atoms with van der Waals surface area (Å²) >= 11 is 0. The van der Waals surface area contributed by atoms with Crippen molar-refractivity contribution in [3.63, 3.8) is 0 Å². The highest BCUT2D eigenvalue weighted by atomic mass is 15.2. The number of aromatic nitrogens is 2. The zero-order valence-electron chi connectivity index (χ0n) is 6.76. The maximum absolute atomic E-state index is 5.64. The van der Waals surface area contributed by atoms with Crippen LogP contribution in [-0.4, -0.2) is 17.2 Å². The topological polar surface area (TPSA) is 66.7 Å². The maximum atomic E-state index is 5.64. The van der Waals surface area contributed by atoms with Gasteiger partial charge in [-0.1, -0.05) is 0 Å². The lowest BCUT2D eigenvalue weighted by atomic mass is 10.2. The lowest BCUT2D eigenvalue weighted by molar-refractivity contribution is 1.11. The van der Waals surface area contributed by atoms with Crippen molar-refractivity contribution in [1.29, 1.82) is 0 Å². The maximum Gasteiger partial charge on any atom is 0.155 e. The van der Waals surface area contributed by atoms with E-state index in [0.29, 0.717) is 0 Å². The Morgan fingerprint density at radius 1 is 1.50 bits per heavy atom. The van der Waals surface area contributed by atoms with Crippen molar-refractivity contribution in [1.82, 2.24) is 10.2 Å². The first kappa shape index (κ1) is 6.97. The molecular weight excluding hydrogens is 152 g/mol. The number of anilines is 2. The largest absolute Gasteiger partial charge is 0.399 e. The molecule has 4 heteroatoms. The van der Waals surface area contributed by atoms with Crippen molar-refractivity contribution >= 4 is 22.4 Å². The minimum Gasteiger partial charge on any atom is -0.399 e. The summed E-state index contributed by atoms with van der Waals surface area (Å²) in [7, 11) is 1.83. The summed E-state index contributed by atoms with van der Waals surface area (Å²) in [6.07, 6.45) is 0. The molecule has 0 saturated carbocycles. The van der Waals surface area contributed by atoms with Gasteiger partial charge in [-0.05, 0) is 18.2 Å². The molecule has 0 atom stereocenters. The van der Waals surface area contributed by atoms with Crippen LogP contribution in [-0.2, 0) is 0 Å². The third kappa shape index (κ3) is 0.887. The fraction of sp³-hybridized carbons (Fsp3) is 0.125. The van der Waals surface area contributed by atoms with E-state index in [1.54, 1.807) is 0 Å². The highest BCUT2D eigenvalue weighted by molar-refractivity contribution is 5.91. The molecule has 1 heterocycles. The molecule has 0 fully saturated rings. The molecular formula is C8H10N4. The summed E-state index contributed by atoms with van der Waals surface area (Å²) in [6, 6.07) is 5.66. The Balaban J connectivity index is 2.75. The van der Waals surface area contributed by atoms with Gasteiger partial charge in [0, 0.05) is 18.1 Å². The molecule has 12 heavy (non-hydrogen) atoms. The number of fused-ring (bicyclic) bond motifs is 1. The number of H-pyrrole nitrogens is 1. The van der Waals surface area contributed by atoms with Crippen molar-refractivity contribution in [2.45, 2.75) is 0 Å². The van der Waals surface area contributed by atoms with Crippen molar-refractivity contribution < 1.29 is 0 Å². The van der Waals surface area contributed by atoms with Gasteiger partial charge in [-0.15, -0.1) is 0 Å². The van der Waals surface area contributed by atoms with Gasteiger partial charge in [0.2, 0.25) is 0 Å².